The fourth-order valence-corrected chi connectivity index (χ4v) is 3.85. The molecule has 1 saturated carbocycles. The SMILES string of the molecule is CCC1CCCCC1C(Cc1ccc(Cl)c(Cl)c1)NN. The van der Waals surface area contributed by atoms with Crippen molar-refractivity contribution < 1.29 is 0 Å². The second-order valence-electron chi connectivity index (χ2n) is 5.84. The maximum atomic E-state index is 6.10. The van der Waals surface area contributed by atoms with Gasteiger partial charge >= 0.3 is 0 Å². The van der Waals surface area contributed by atoms with Crippen LogP contribution in [0.25, 0.3) is 0 Å². The maximum absolute atomic E-state index is 6.10. The summed E-state index contributed by atoms with van der Waals surface area (Å²) in [5, 5.41) is 1.23. The zero-order valence-electron chi connectivity index (χ0n) is 12.0. The molecule has 0 aromatic heterocycles. The van der Waals surface area contributed by atoms with Crippen LogP contribution in [0, 0.1) is 11.8 Å². The topological polar surface area (TPSA) is 38.0 Å². The van der Waals surface area contributed by atoms with Crippen molar-refractivity contribution in [2.24, 2.45) is 17.7 Å². The van der Waals surface area contributed by atoms with E-state index in [9.17, 15) is 0 Å². The molecule has 1 aliphatic rings. The summed E-state index contributed by atoms with van der Waals surface area (Å²) in [5.74, 6) is 7.27. The molecule has 1 aliphatic carbocycles. The fraction of sp³-hybridized carbons (Fsp3) is 0.625. The number of hydrogen-bond donors (Lipinski definition) is 2. The summed E-state index contributed by atoms with van der Waals surface area (Å²) in [5.41, 5.74) is 4.24. The molecule has 3 atom stereocenters. The van der Waals surface area contributed by atoms with Crippen molar-refractivity contribution in [2.45, 2.75) is 51.5 Å². The van der Waals surface area contributed by atoms with Crippen LogP contribution in [0.5, 0.6) is 0 Å². The predicted molar refractivity (Wildman–Crippen MR) is 87.0 cm³/mol. The molecule has 2 nitrogen and oxygen atoms in total. The van der Waals surface area contributed by atoms with E-state index >= 15 is 0 Å². The lowest BCUT2D eigenvalue weighted by Gasteiger charge is -2.36. The molecule has 1 aromatic carbocycles. The van der Waals surface area contributed by atoms with E-state index in [1.807, 2.05) is 18.2 Å². The van der Waals surface area contributed by atoms with Crippen LogP contribution in [0.2, 0.25) is 10.0 Å². The number of nitrogens with one attached hydrogen (secondary N) is 1. The van der Waals surface area contributed by atoms with E-state index in [-0.39, 0.29) is 0 Å². The van der Waals surface area contributed by atoms with Crippen molar-refractivity contribution in [3.05, 3.63) is 33.8 Å². The van der Waals surface area contributed by atoms with Crippen LogP contribution in [0.15, 0.2) is 18.2 Å². The Morgan fingerprint density at radius 2 is 2.00 bits per heavy atom. The normalized spacial score (nSPS) is 24.6. The molecular weight excluding hydrogens is 291 g/mol. The van der Waals surface area contributed by atoms with E-state index < -0.39 is 0 Å². The van der Waals surface area contributed by atoms with E-state index in [2.05, 4.69) is 12.3 Å². The standard InChI is InChI=1S/C16H24Cl2N2/c1-2-12-5-3-4-6-13(12)16(20-19)10-11-7-8-14(17)15(18)9-11/h7-9,12-13,16,20H,2-6,10,19H2,1H3. The molecule has 0 bridgehead atoms. The summed E-state index contributed by atoms with van der Waals surface area (Å²) in [6.07, 6.45) is 7.44. The Morgan fingerprint density at radius 3 is 2.65 bits per heavy atom. The van der Waals surface area contributed by atoms with Crippen LogP contribution in [-0.4, -0.2) is 6.04 Å². The zero-order valence-corrected chi connectivity index (χ0v) is 13.6. The molecule has 2 rings (SSSR count). The first kappa shape index (κ1) is 16.1. The van der Waals surface area contributed by atoms with Crippen LogP contribution in [0.3, 0.4) is 0 Å². The first-order valence-electron chi connectivity index (χ1n) is 7.55. The lowest BCUT2D eigenvalue weighted by atomic mass is 9.73. The third kappa shape index (κ3) is 3.88. The van der Waals surface area contributed by atoms with Crippen LogP contribution in [0.4, 0.5) is 0 Å². The van der Waals surface area contributed by atoms with Crippen LogP contribution >= 0.6 is 23.2 Å². The Morgan fingerprint density at radius 1 is 1.25 bits per heavy atom. The van der Waals surface area contributed by atoms with Gasteiger partial charge in [-0.25, -0.2) is 0 Å². The molecule has 0 heterocycles. The van der Waals surface area contributed by atoms with Crippen LogP contribution < -0.4 is 11.3 Å². The molecule has 20 heavy (non-hydrogen) atoms. The number of hydrazine groups is 1. The second kappa shape index (κ2) is 7.65. The number of halogens is 2. The van der Waals surface area contributed by atoms with Gasteiger partial charge in [0.1, 0.15) is 0 Å². The molecule has 1 aromatic rings. The van der Waals surface area contributed by atoms with Gasteiger partial charge in [0.05, 0.1) is 10.0 Å². The highest BCUT2D eigenvalue weighted by atomic mass is 35.5. The van der Waals surface area contributed by atoms with E-state index in [0.29, 0.717) is 22.0 Å². The largest absolute Gasteiger partial charge is 0.271 e. The van der Waals surface area contributed by atoms with Crippen molar-refractivity contribution in [1.82, 2.24) is 5.43 Å². The molecule has 3 N–H and O–H groups in total. The molecule has 112 valence electrons. The van der Waals surface area contributed by atoms with Gasteiger partial charge in [-0.05, 0) is 42.4 Å². The molecule has 0 aliphatic heterocycles. The summed E-state index contributed by atoms with van der Waals surface area (Å²) in [4.78, 5) is 0. The Balaban J connectivity index is 2.09. The zero-order chi connectivity index (χ0) is 14.5. The minimum absolute atomic E-state index is 0.317. The quantitative estimate of drug-likeness (QED) is 0.616. The van der Waals surface area contributed by atoms with Crippen molar-refractivity contribution in [2.75, 3.05) is 0 Å². The molecule has 3 unspecified atom stereocenters. The summed E-state index contributed by atoms with van der Waals surface area (Å²) < 4.78 is 0. The maximum Gasteiger partial charge on any atom is 0.0595 e. The lowest BCUT2D eigenvalue weighted by Crippen LogP contribution is -2.46. The van der Waals surface area contributed by atoms with Crippen LogP contribution in [0.1, 0.15) is 44.6 Å². The van der Waals surface area contributed by atoms with Crippen molar-refractivity contribution in [3.8, 4) is 0 Å². The highest BCUT2D eigenvalue weighted by Crippen LogP contribution is 2.35. The molecule has 0 radical (unpaired) electrons. The number of nitrogens with two attached hydrogens (primary N) is 1. The highest BCUT2D eigenvalue weighted by Gasteiger charge is 2.30. The van der Waals surface area contributed by atoms with Crippen molar-refractivity contribution in [1.29, 1.82) is 0 Å². The Bertz CT molecular complexity index is 436. The van der Waals surface area contributed by atoms with Gasteiger partial charge in [0.15, 0.2) is 0 Å². The highest BCUT2D eigenvalue weighted by molar-refractivity contribution is 6.42. The average Bonchev–Trinajstić information content (AvgIpc) is 2.48. The van der Waals surface area contributed by atoms with E-state index in [4.69, 9.17) is 29.0 Å². The summed E-state index contributed by atoms with van der Waals surface area (Å²) in [6.45, 7) is 2.29. The summed E-state index contributed by atoms with van der Waals surface area (Å²) in [7, 11) is 0. The van der Waals surface area contributed by atoms with Gasteiger partial charge in [-0.3, -0.25) is 11.3 Å². The van der Waals surface area contributed by atoms with Crippen molar-refractivity contribution in [3.63, 3.8) is 0 Å². The molecule has 1 fully saturated rings. The van der Waals surface area contributed by atoms with Gasteiger partial charge in [-0.1, -0.05) is 61.9 Å². The Labute approximate surface area is 132 Å². The van der Waals surface area contributed by atoms with E-state index in [0.717, 1.165) is 12.3 Å². The summed E-state index contributed by atoms with van der Waals surface area (Å²) >= 11 is 12.1. The fourth-order valence-electron chi connectivity index (χ4n) is 3.53. The Kier molecular flexibility index (Phi) is 6.16. The second-order valence-corrected chi connectivity index (χ2v) is 6.66. The van der Waals surface area contributed by atoms with E-state index in [1.165, 1.54) is 37.7 Å². The Hall–Kier alpha value is -0.280. The van der Waals surface area contributed by atoms with Gasteiger partial charge in [0, 0.05) is 6.04 Å². The number of rotatable bonds is 5. The van der Waals surface area contributed by atoms with Gasteiger partial charge in [-0.2, -0.15) is 0 Å². The van der Waals surface area contributed by atoms with Gasteiger partial charge in [0.2, 0.25) is 0 Å². The monoisotopic (exact) mass is 314 g/mol. The number of benzene rings is 1. The van der Waals surface area contributed by atoms with Gasteiger partial charge in [0.25, 0.3) is 0 Å². The molecular formula is C16H24Cl2N2. The van der Waals surface area contributed by atoms with Crippen LogP contribution in [-0.2, 0) is 6.42 Å². The minimum Gasteiger partial charge on any atom is -0.271 e. The lowest BCUT2D eigenvalue weighted by molar-refractivity contribution is 0.174. The molecule has 0 amide bonds. The van der Waals surface area contributed by atoms with Gasteiger partial charge in [-0.15, -0.1) is 0 Å². The predicted octanol–water partition coefficient (Wildman–Crippen LogP) is 4.58. The third-order valence-corrected chi connectivity index (χ3v) is 5.40. The molecule has 0 spiro atoms. The average molecular weight is 315 g/mol. The molecule has 4 heteroatoms. The summed E-state index contributed by atoms with van der Waals surface area (Å²) in [6, 6.07) is 6.18. The number of hydrogen-bond acceptors (Lipinski definition) is 2. The van der Waals surface area contributed by atoms with Gasteiger partial charge < -0.3 is 0 Å². The third-order valence-electron chi connectivity index (χ3n) is 4.66. The first-order chi connectivity index (χ1) is 9.65. The minimum atomic E-state index is 0.317. The van der Waals surface area contributed by atoms with Crippen molar-refractivity contribution >= 4 is 23.2 Å². The first-order valence-corrected chi connectivity index (χ1v) is 8.31. The smallest absolute Gasteiger partial charge is 0.0595 e. The van der Waals surface area contributed by atoms with E-state index in [1.54, 1.807) is 0 Å². The molecule has 0 saturated heterocycles.